The molecule has 5 nitrogen and oxygen atoms in total. The molecule has 2 aromatic rings. The minimum absolute atomic E-state index is 0.173. The fourth-order valence-electron chi connectivity index (χ4n) is 1.83. The van der Waals surface area contributed by atoms with Crippen molar-refractivity contribution in [2.75, 3.05) is 13.2 Å². The molecule has 0 saturated heterocycles. The number of rotatable bonds is 6. The van der Waals surface area contributed by atoms with Gasteiger partial charge in [-0.3, -0.25) is 4.79 Å². The molecule has 1 aromatic carbocycles. The molecule has 0 spiro atoms. The normalized spacial score (nSPS) is 10.2. The van der Waals surface area contributed by atoms with E-state index in [1.807, 2.05) is 20.8 Å². The molecule has 0 unspecified atom stereocenters. The van der Waals surface area contributed by atoms with E-state index in [2.05, 4.69) is 9.97 Å². The summed E-state index contributed by atoms with van der Waals surface area (Å²) in [7, 11) is 0. The third-order valence-electron chi connectivity index (χ3n) is 2.79. The van der Waals surface area contributed by atoms with E-state index in [-0.39, 0.29) is 11.6 Å². The molecule has 0 aliphatic carbocycles. The third kappa shape index (κ3) is 3.56. The lowest BCUT2D eigenvalue weighted by atomic mass is 10.1. The van der Waals surface area contributed by atoms with E-state index in [4.69, 9.17) is 9.47 Å². The highest BCUT2D eigenvalue weighted by Crippen LogP contribution is 2.29. The molecular weight excluding hydrogens is 268 g/mol. The van der Waals surface area contributed by atoms with E-state index in [0.717, 1.165) is 5.56 Å². The lowest BCUT2D eigenvalue weighted by molar-refractivity contribution is 0.102. The smallest absolute Gasteiger partial charge is 0.230 e. The number of ether oxygens (including phenoxy) is 2. The predicted molar refractivity (Wildman–Crippen MR) is 79.0 cm³/mol. The van der Waals surface area contributed by atoms with Crippen molar-refractivity contribution in [2.24, 2.45) is 0 Å². The molecule has 110 valence electrons. The topological polar surface area (TPSA) is 61.3 Å². The van der Waals surface area contributed by atoms with E-state index in [1.165, 1.54) is 0 Å². The summed E-state index contributed by atoms with van der Waals surface area (Å²) >= 11 is 0. The Morgan fingerprint density at radius 3 is 2.29 bits per heavy atom. The zero-order valence-electron chi connectivity index (χ0n) is 12.4. The first-order valence-electron chi connectivity index (χ1n) is 6.88. The largest absolute Gasteiger partial charge is 0.490 e. The van der Waals surface area contributed by atoms with Crippen LogP contribution in [0, 0.1) is 6.92 Å². The average molecular weight is 286 g/mol. The standard InChI is InChI=1S/C16H18N2O3/c1-4-20-13-7-6-12(8-14(13)21-5-2)15(19)16-17-9-11(3)10-18-16/h6-10H,4-5H2,1-3H3. The fraction of sp³-hybridized carbons (Fsp3) is 0.312. The number of nitrogens with zero attached hydrogens (tertiary/aromatic N) is 2. The summed E-state index contributed by atoms with van der Waals surface area (Å²) in [6.07, 6.45) is 3.25. The number of aromatic nitrogens is 2. The van der Waals surface area contributed by atoms with Crippen LogP contribution in [0.3, 0.4) is 0 Å². The van der Waals surface area contributed by atoms with Crippen LogP contribution >= 0.6 is 0 Å². The quantitative estimate of drug-likeness (QED) is 0.764. The van der Waals surface area contributed by atoms with Crippen molar-refractivity contribution in [3.05, 3.63) is 47.5 Å². The molecule has 0 radical (unpaired) electrons. The summed E-state index contributed by atoms with van der Waals surface area (Å²) in [4.78, 5) is 20.5. The van der Waals surface area contributed by atoms with Gasteiger partial charge in [-0.05, 0) is 44.5 Å². The van der Waals surface area contributed by atoms with Gasteiger partial charge in [-0.1, -0.05) is 0 Å². The molecule has 21 heavy (non-hydrogen) atoms. The number of carbonyl (C=O) groups excluding carboxylic acids is 1. The van der Waals surface area contributed by atoms with E-state index in [9.17, 15) is 4.79 Å². The number of hydrogen-bond donors (Lipinski definition) is 0. The van der Waals surface area contributed by atoms with Gasteiger partial charge in [0.2, 0.25) is 11.6 Å². The van der Waals surface area contributed by atoms with Crippen LogP contribution in [0.4, 0.5) is 0 Å². The van der Waals surface area contributed by atoms with Crippen molar-refractivity contribution in [3.63, 3.8) is 0 Å². The maximum absolute atomic E-state index is 12.4. The van der Waals surface area contributed by atoms with Crippen LogP contribution < -0.4 is 9.47 Å². The maximum atomic E-state index is 12.4. The zero-order valence-corrected chi connectivity index (χ0v) is 12.4. The van der Waals surface area contributed by atoms with Gasteiger partial charge in [0, 0.05) is 18.0 Å². The Bertz CT molecular complexity index is 624. The first-order chi connectivity index (χ1) is 10.2. The third-order valence-corrected chi connectivity index (χ3v) is 2.79. The van der Waals surface area contributed by atoms with Crippen LogP contribution in [0.2, 0.25) is 0 Å². The monoisotopic (exact) mass is 286 g/mol. The first kappa shape index (κ1) is 15.0. The van der Waals surface area contributed by atoms with Crippen LogP contribution in [-0.2, 0) is 0 Å². The molecule has 0 aliphatic rings. The molecule has 0 saturated carbocycles. The lowest BCUT2D eigenvalue weighted by Crippen LogP contribution is -2.08. The summed E-state index contributed by atoms with van der Waals surface area (Å²) in [5, 5.41) is 0. The minimum Gasteiger partial charge on any atom is -0.490 e. The molecule has 1 heterocycles. The molecule has 0 N–H and O–H groups in total. The van der Waals surface area contributed by atoms with Crippen molar-refractivity contribution in [2.45, 2.75) is 20.8 Å². The number of benzene rings is 1. The zero-order chi connectivity index (χ0) is 15.2. The summed E-state index contributed by atoms with van der Waals surface area (Å²) in [5.41, 5.74) is 1.39. The minimum atomic E-state index is -0.237. The molecule has 1 aromatic heterocycles. The first-order valence-corrected chi connectivity index (χ1v) is 6.88. The molecule has 0 aliphatic heterocycles. The van der Waals surface area contributed by atoms with Crippen molar-refractivity contribution < 1.29 is 14.3 Å². The molecule has 0 atom stereocenters. The van der Waals surface area contributed by atoms with Crippen molar-refractivity contribution in [1.29, 1.82) is 0 Å². The molecule has 0 bridgehead atoms. The highest BCUT2D eigenvalue weighted by molar-refractivity contribution is 6.06. The number of hydrogen-bond acceptors (Lipinski definition) is 5. The second-order valence-electron chi connectivity index (χ2n) is 4.44. The van der Waals surface area contributed by atoms with Gasteiger partial charge in [0.1, 0.15) is 0 Å². The fourth-order valence-corrected chi connectivity index (χ4v) is 1.83. The van der Waals surface area contributed by atoms with Gasteiger partial charge in [-0.25, -0.2) is 9.97 Å². The highest BCUT2D eigenvalue weighted by atomic mass is 16.5. The Kier molecular flexibility index (Phi) is 4.87. The average Bonchev–Trinajstić information content (AvgIpc) is 2.49. The van der Waals surface area contributed by atoms with Crippen LogP contribution in [-0.4, -0.2) is 29.0 Å². The number of ketones is 1. The van der Waals surface area contributed by atoms with Crippen LogP contribution in [0.25, 0.3) is 0 Å². The second-order valence-corrected chi connectivity index (χ2v) is 4.44. The Morgan fingerprint density at radius 1 is 1.05 bits per heavy atom. The van der Waals surface area contributed by atoms with E-state index < -0.39 is 0 Å². The number of aryl methyl sites for hydroxylation is 1. The Hall–Kier alpha value is -2.43. The van der Waals surface area contributed by atoms with Crippen molar-refractivity contribution in [1.82, 2.24) is 9.97 Å². The Labute approximate surface area is 124 Å². The van der Waals surface area contributed by atoms with E-state index in [0.29, 0.717) is 30.3 Å². The molecule has 0 fully saturated rings. The van der Waals surface area contributed by atoms with Crippen LogP contribution in [0.15, 0.2) is 30.6 Å². The lowest BCUT2D eigenvalue weighted by Gasteiger charge is -2.11. The van der Waals surface area contributed by atoms with Crippen LogP contribution in [0.5, 0.6) is 11.5 Å². The van der Waals surface area contributed by atoms with Gasteiger partial charge < -0.3 is 9.47 Å². The van der Waals surface area contributed by atoms with Gasteiger partial charge in [0.15, 0.2) is 11.5 Å². The highest BCUT2D eigenvalue weighted by Gasteiger charge is 2.15. The summed E-state index contributed by atoms with van der Waals surface area (Å²) in [6, 6.07) is 5.09. The maximum Gasteiger partial charge on any atom is 0.230 e. The van der Waals surface area contributed by atoms with E-state index >= 15 is 0 Å². The van der Waals surface area contributed by atoms with Gasteiger partial charge in [-0.15, -0.1) is 0 Å². The molecule has 5 heteroatoms. The van der Waals surface area contributed by atoms with Crippen molar-refractivity contribution in [3.8, 4) is 11.5 Å². The van der Waals surface area contributed by atoms with Crippen molar-refractivity contribution >= 4 is 5.78 Å². The summed E-state index contributed by atoms with van der Waals surface area (Å²) < 4.78 is 11.0. The summed E-state index contributed by atoms with van der Waals surface area (Å²) in [6.45, 7) is 6.69. The van der Waals surface area contributed by atoms with E-state index in [1.54, 1.807) is 30.6 Å². The van der Waals surface area contributed by atoms with Gasteiger partial charge in [0.05, 0.1) is 13.2 Å². The molecular formula is C16H18N2O3. The molecule has 2 rings (SSSR count). The van der Waals surface area contributed by atoms with Crippen LogP contribution in [0.1, 0.15) is 35.6 Å². The second kappa shape index (κ2) is 6.83. The number of carbonyl (C=O) groups is 1. The predicted octanol–water partition coefficient (Wildman–Crippen LogP) is 2.81. The van der Waals surface area contributed by atoms with Gasteiger partial charge in [0.25, 0.3) is 0 Å². The Balaban J connectivity index is 2.32. The van der Waals surface area contributed by atoms with Gasteiger partial charge in [-0.2, -0.15) is 0 Å². The Morgan fingerprint density at radius 2 is 1.67 bits per heavy atom. The van der Waals surface area contributed by atoms with Gasteiger partial charge >= 0.3 is 0 Å². The SMILES string of the molecule is CCOc1ccc(C(=O)c2ncc(C)cn2)cc1OCC. The summed E-state index contributed by atoms with van der Waals surface area (Å²) in [5.74, 6) is 1.12. The molecule has 0 amide bonds.